The highest BCUT2D eigenvalue weighted by molar-refractivity contribution is 5.88. The Morgan fingerprint density at radius 2 is 1.61 bits per heavy atom. The number of carbonyl (C=O) groups excluding carboxylic acids is 2. The van der Waals surface area contributed by atoms with E-state index in [1.54, 1.807) is 4.90 Å². The monoisotopic (exact) mass is 481 g/mol. The molecular formula is C30H33N4O2+. The third-order valence-electron chi connectivity index (χ3n) is 7.10. The number of hydrogen-bond donors (Lipinski definition) is 2. The fraction of sp³-hybridized carbons (Fsp3) is 0.300. The first-order valence-electron chi connectivity index (χ1n) is 12.8. The zero-order chi connectivity index (χ0) is 24.7. The van der Waals surface area contributed by atoms with Gasteiger partial charge in [0.15, 0.2) is 11.0 Å². The zero-order valence-electron chi connectivity index (χ0n) is 20.5. The van der Waals surface area contributed by atoms with Crippen molar-refractivity contribution in [1.82, 2.24) is 15.2 Å². The van der Waals surface area contributed by atoms with Gasteiger partial charge in [0.25, 0.3) is 5.82 Å². The van der Waals surface area contributed by atoms with Gasteiger partial charge >= 0.3 is 0 Å². The Morgan fingerprint density at radius 1 is 0.944 bits per heavy atom. The van der Waals surface area contributed by atoms with E-state index in [-0.39, 0.29) is 23.8 Å². The van der Waals surface area contributed by atoms with E-state index in [4.69, 9.17) is 0 Å². The van der Waals surface area contributed by atoms with Crippen LogP contribution >= 0.6 is 0 Å². The third-order valence-corrected chi connectivity index (χ3v) is 7.10. The molecule has 3 aromatic carbocycles. The first-order valence-corrected chi connectivity index (χ1v) is 12.8. The van der Waals surface area contributed by atoms with E-state index in [9.17, 15) is 9.59 Å². The first-order chi connectivity index (χ1) is 17.7. The molecule has 1 aromatic heterocycles. The number of amides is 2. The summed E-state index contributed by atoms with van der Waals surface area (Å²) in [4.78, 5) is 34.5. The number of carbonyl (C=O) groups is 2. The van der Waals surface area contributed by atoms with Gasteiger partial charge in [0, 0.05) is 25.4 Å². The molecule has 1 aliphatic rings. The maximum Gasteiger partial charge on any atom is 0.253 e. The van der Waals surface area contributed by atoms with Gasteiger partial charge in [-0.25, -0.2) is 9.97 Å². The predicted octanol–water partition coefficient (Wildman–Crippen LogP) is 4.24. The molecule has 36 heavy (non-hydrogen) atoms. The van der Waals surface area contributed by atoms with Crippen LogP contribution in [0.3, 0.4) is 0 Å². The molecule has 1 saturated heterocycles. The first kappa shape index (κ1) is 23.8. The van der Waals surface area contributed by atoms with Gasteiger partial charge in [-0.1, -0.05) is 72.8 Å². The zero-order valence-corrected chi connectivity index (χ0v) is 20.5. The van der Waals surface area contributed by atoms with Crippen LogP contribution in [0.2, 0.25) is 0 Å². The molecule has 1 atom stereocenters. The second-order valence-electron chi connectivity index (χ2n) is 9.47. The molecule has 0 spiro atoms. The van der Waals surface area contributed by atoms with Gasteiger partial charge in [0.05, 0.1) is 6.42 Å². The molecule has 0 radical (unpaired) electrons. The molecule has 0 aliphatic carbocycles. The van der Waals surface area contributed by atoms with E-state index >= 15 is 0 Å². The van der Waals surface area contributed by atoms with E-state index < -0.39 is 0 Å². The molecule has 0 unspecified atom stereocenters. The summed E-state index contributed by atoms with van der Waals surface area (Å²) in [5.41, 5.74) is 4.54. The minimum Gasteiger partial charge on any atom is -0.354 e. The number of aromatic nitrogens is 2. The average Bonchev–Trinajstić information content (AvgIpc) is 3.58. The number of likely N-dealkylation sites (tertiary alicyclic amines) is 1. The highest BCUT2D eigenvalue weighted by atomic mass is 16.2. The van der Waals surface area contributed by atoms with Crippen molar-refractivity contribution in [2.45, 2.75) is 44.1 Å². The summed E-state index contributed by atoms with van der Waals surface area (Å²) in [6.45, 7) is 1.21. The molecule has 184 valence electrons. The lowest BCUT2D eigenvalue weighted by atomic mass is 9.88. The van der Waals surface area contributed by atoms with E-state index in [1.165, 1.54) is 11.1 Å². The van der Waals surface area contributed by atoms with Crippen molar-refractivity contribution in [2.24, 2.45) is 0 Å². The van der Waals surface area contributed by atoms with E-state index in [0.29, 0.717) is 25.9 Å². The van der Waals surface area contributed by atoms with Crippen LogP contribution < -0.4 is 10.3 Å². The number of aryl methyl sites for hydroxylation is 1. The quantitative estimate of drug-likeness (QED) is 0.375. The number of nitrogens with one attached hydrogen (secondary N) is 3. The van der Waals surface area contributed by atoms with Crippen LogP contribution in [-0.4, -0.2) is 40.8 Å². The standard InChI is InChI=1S/C30H32N4O2/c35-29(18-17-28-32-25-14-7-8-15-26(25)33-28)34-21-9-16-27(34)30(36)31-20-19-24(22-10-3-1-4-11-22)23-12-5-2-6-13-23/h1-8,10-15,24,27H,9,16-21H2,(H,31,36)(H,32,33)/p+1/t27-/m0/s1. The molecule has 0 saturated carbocycles. The number of hydrogen-bond acceptors (Lipinski definition) is 2. The number of fused-ring (bicyclic) bond motifs is 1. The number of imidazole rings is 1. The number of nitrogens with zero attached hydrogens (tertiary/aromatic N) is 1. The topological polar surface area (TPSA) is 79.3 Å². The normalized spacial score (nSPS) is 15.5. The highest BCUT2D eigenvalue weighted by Gasteiger charge is 2.34. The van der Waals surface area contributed by atoms with Crippen LogP contribution in [0.25, 0.3) is 11.0 Å². The average molecular weight is 482 g/mol. The summed E-state index contributed by atoms with van der Waals surface area (Å²) in [7, 11) is 0. The van der Waals surface area contributed by atoms with Crippen LogP contribution in [-0.2, 0) is 16.0 Å². The van der Waals surface area contributed by atoms with Gasteiger partial charge in [-0.3, -0.25) is 9.59 Å². The number of rotatable bonds is 9. The van der Waals surface area contributed by atoms with Crippen LogP contribution in [0.4, 0.5) is 0 Å². The van der Waals surface area contributed by atoms with Gasteiger partial charge in [-0.05, 0) is 42.5 Å². The largest absolute Gasteiger partial charge is 0.354 e. The second kappa shape index (κ2) is 11.2. The lowest BCUT2D eigenvalue weighted by molar-refractivity contribution is -0.357. The number of benzene rings is 3. The van der Waals surface area contributed by atoms with Crippen LogP contribution in [0, 0.1) is 0 Å². The predicted molar refractivity (Wildman–Crippen MR) is 140 cm³/mol. The molecule has 6 nitrogen and oxygen atoms in total. The summed E-state index contributed by atoms with van der Waals surface area (Å²) >= 11 is 0. The Bertz CT molecular complexity index is 1230. The van der Waals surface area contributed by atoms with Crippen molar-refractivity contribution in [3.8, 4) is 0 Å². The number of H-pyrrole nitrogens is 2. The van der Waals surface area contributed by atoms with Crippen molar-refractivity contribution in [3.05, 3.63) is 102 Å². The summed E-state index contributed by atoms with van der Waals surface area (Å²) < 4.78 is 0. The Hall–Kier alpha value is -3.93. The third kappa shape index (κ3) is 5.48. The van der Waals surface area contributed by atoms with Crippen molar-refractivity contribution < 1.29 is 14.6 Å². The molecular weight excluding hydrogens is 448 g/mol. The molecule has 2 heterocycles. The molecule has 6 heteroatoms. The molecule has 1 aliphatic heterocycles. The maximum absolute atomic E-state index is 13.1. The lowest BCUT2D eigenvalue weighted by Crippen LogP contribution is -2.46. The number of para-hydroxylation sites is 2. The summed E-state index contributed by atoms with van der Waals surface area (Å²) in [5.74, 6) is 1.13. The van der Waals surface area contributed by atoms with Gasteiger partial charge in [0.1, 0.15) is 6.04 Å². The van der Waals surface area contributed by atoms with Gasteiger partial charge in [0.2, 0.25) is 11.8 Å². The molecule has 1 fully saturated rings. The van der Waals surface area contributed by atoms with Crippen LogP contribution in [0.1, 0.15) is 48.6 Å². The van der Waals surface area contributed by atoms with Crippen LogP contribution in [0.5, 0.6) is 0 Å². The van der Waals surface area contributed by atoms with Crippen molar-refractivity contribution in [1.29, 1.82) is 0 Å². The SMILES string of the molecule is O=C(NCCC(c1ccccc1)c1ccccc1)[C@@H]1CCCN1C(=O)CCc1[nH]c2ccccc2[nH+]1. The summed E-state index contributed by atoms with van der Waals surface area (Å²) in [6, 6.07) is 28.4. The van der Waals surface area contributed by atoms with E-state index in [0.717, 1.165) is 36.1 Å². The number of aromatic amines is 2. The Balaban J connectivity index is 1.16. The fourth-order valence-corrected chi connectivity index (χ4v) is 5.25. The molecule has 3 N–H and O–H groups in total. The van der Waals surface area contributed by atoms with Crippen molar-refractivity contribution >= 4 is 22.8 Å². The Kier molecular flexibility index (Phi) is 7.41. The van der Waals surface area contributed by atoms with Crippen LogP contribution in [0.15, 0.2) is 84.9 Å². The Morgan fingerprint density at radius 3 is 2.31 bits per heavy atom. The fourth-order valence-electron chi connectivity index (χ4n) is 5.25. The second-order valence-corrected chi connectivity index (χ2v) is 9.47. The van der Waals surface area contributed by atoms with Gasteiger partial charge in [-0.2, -0.15) is 0 Å². The molecule has 2 amide bonds. The van der Waals surface area contributed by atoms with Crippen molar-refractivity contribution in [3.63, 3.8) is 0 Å². The minimum atomic E-state index is -0.379. The smallest absolute Gasteiger partial charge is 0.253 e. The summed E-state index contributed by atoms with van der Waals surface area (Å²) in [6.07, 6.45) is 3.35. The summed E-state index contributed by atoms with van der Waals surface area (Å²) in [5, 5.41) is 3.13. The molecule has 4 aromatic rings. The minimum absolute atomic E-state index is 0.0335. The maximum atomic E-state index is 13.1. The molecule has 0 bridgehead atoms. The molecule has 5 rings (SSSR count). The van der Waals surface area contributed by atoms with E-state index in [1.807, 2.05) is 36.4 Å². The Labute approximate surface area is 211 Å². The van der Waals surface area contributed by atoms with E-state index in [2.05, 4.69) is 63.8 Å². The van der Waals surface area contributed by atoms with Gasteiger partial charge in [-0.15, -0.1) is 0 Å². The van der Waals surface area contributed by atoms with Gasteiger partial charge < -0.3 is 10.2 Å². The van der Waals surface area contributed by atoms with Crippen molar-refractivity contribution in [2.75, 3.05) is 13.1 Å². The highest BCUT2D eigenvalue weighted by Crippen LogP contribution is 2.27. The lowest BCUT2D eigenvalue weighted by Gasteiger charge is -2.24.